The highest BCUT2D eigenvalue weighted by molar-refractivity contribution is 7.15. The van der Waals surface area contributed by atoms with Crippen LogP contribution in [0.4, 0.5) is 13.9 Å². The maximum Gasteiger partial charge on any atom is 0.227 e. The molecule has 0 bridgehead atoms. The quantitative estimate of drug-likeness (QED) is 0.843. The normalized spacial score (nSPS) is 16.7. The number of carbonyl (C=O) groups excluding carboxylic acids is 1. The van der Waals surface area contributed by atoms with E-state index in [-0.39, 0.29) is 24.4 Å². The van der Waals surface area contributed by atoms with Crippen LogP contribution in [0.1, 0.15) is 29.7 Å². The van der Waals surface area contributed by atoms with Crippen LogP contribution in [0.15, 0.2) is 24.4 Å². The third-order valence-electron chi connectivity index (χ3n) is 3.77. The Labute approximate surface area is 149 Å². The summed E-state index contributed by atoms with van der Waals surface area (Å²) >= 11 is 1.30. The summed E-state index contributed by atoms with van der Waals surface area (Å²) in [6, 6.07) is 3.77. The summed E-state index contributed by atoms with van der Waals surface area (Å²) in [5, 5.41) is 6.55. The smallest absolute Gasteiger partial charge is 0.227 e. The van der Waals surface area contributed by atoms with Gasteiger partial charge in [0.2, 0.25) is 5.91 Å². The van der Waals surface area contributed by atoms with Crippen molar-refractivity contribution in [2.45, 2.75) is 31.7 Å². The van der Waals surface area contributed by atoms with Crippen molar-refractivity contribution in [1.29, 1.82) is 0 Å². The highest BCUT2D eigenvalue weighted by Crippen LogP contribution is 2.23. The SMILES string of the molecule is Cl.O=C(CC1CCCN1)Nc1ncc(Cc2ccc(F)cc2F)s1. The Morgan fingerprint density at radius 1 is 1.42 bits per heavy atom. The van der Waals surface area contributed by atoms with Gasteiger partial charge in [-0.15, -0.1) is 23.7 Å². The first-order valence-corrected chi connectivity index (χ1v) is 8.33. The summed E-state index contributed by atoms with van der Waals surface area (Å²) < 4.78 is 26.5. The molecular formula is C16H18ClF2N3OS. The van der Waals surface area contributed by atoms with Crippen molar-refractivity contribution in [3.8, 4) is 0 Å². The Balaban J connectivity index is 0.00000208. The van der Waals surface area contributed by atoms with Gasteiger partial charge in [0, 0.05) is 36.0 Å². The molecule has 0 saturated carbocycles. The molecule has 0 spiro atoms. The summed E-state index contributed by atoms with van der Waals surface area (Å²) in [5.74, 6) is -1.24. The number of nitrogens with zero attached hydrogens (tertiary/aromatic N) is 1. The molecule has 1 aliphatic heterocycles. The maximum absolute atomic E-state index is 13.6. The van der Waals surface area contributed by atoms with Crippen LogP contribution in [-0.4, -0.2) is 23.5 Å². The standard InChI is InChI=1S/C16H17F2N3OS.ClH/c17-11-4-3-10(14(18)7-11)6-13-9-20-16(23-13)21-15(22)8-12-2-1-5-19-12;/h3-4,7,9,12,19H,1-2,5-6,8H2,(H,20,21,22);1H. The third kappa shape index (κ3) is 4.96. The van der Waals surface area contributed by atoms with Gasteiger partial charge in [0.05, 0.1) is 0 Å². The van der Waals surface area contributed by atoms with E-state index in [0.29, 0.717) is 23.5 Å². The number of benzene rings is 1. The summed E-state index contributed by atoms with van der Waals surface area (Å²) in [7, 11) is 0. The van der Waals surface area contributed by atoms with Crippen molar-refractivity contribution >= 4 is 34.8 Å². The minimum Gasteiger partial charge on any atom is -0.313 e. The first-order chi connectivity index (χ1) is 11.1. The van der Waals surface area contributed by atoms with E-state index in [9.17, 15) is 13.6 Å². The maximum atomic E-state index is 13.6. The van der Waals surface area contributed by atoms with Crippen LogP contribution < -0.4 is 10.6 Å². The highest BCUT2D eigenvalue weighted by Gasteiger charge is 2.18. The van der Waals surface area contributed by atoms with Crippen LogP contribution in [0, 0.1) is 11.6 Å². The minimum atomic E-state index is -0.593. The fourth-order valence-electron chi connectivity index (χ4n) is 2.62. The number of rotatable bonds is 5. The van der Waals surface area contributed by atoms with Crippen molar-refractivity contribution in [2.24, 2.45) is 0 Å². The average molecular weight is 374 g/mol. The molecule has 2 aromatic rings. The number of hydrogen-bond acceptors (Lipinski definition) is 4. The fourth-order valence-corrected chi connectivity index (χ4v) is 3.48. The first kappa shape index (κ1) is 18.8. The van der Waals surface area contributed by atoms with Gasteiger partial charge < -0.3 is 10.6 Å². The molecule has 2 heterocycles. The van der Waals surface area contributed by atoms with Gasteiger partial charge in [-0.25, -0.2) is 13.8 Å². The lowest BCUT2D eigenvalue weighted by Crippen LogP contribution is -2.27. The lowest BCUT2D eigenvalue weighted by atomic mass is 10.1. The Morgan fingerprint density at radius 3 is 2.96 bits per heavy atom. The van der Waals surface area contributed by atoms with Crippen LogP contribution in [0.5, 0.6) is 0 Å². The lowest BCUT2D eigenvalue weighted by molar-refractivity contribution is -0.116. The van der Waals surface area contributed by atoms with Gasteiger partial charge in [-0.3, -0.25) is 4.79 Å². The van der Waals surface area contributed by atoms with Crippen LogP contribution in [0.25, 0.3) is 0 Å². The van der Waals surface area contributed by atoms with Gasteiger partial charge in [-0.05, 0) is 31.0 Å². The van der Waals surface area contributed by atoms with Crippen molar-refractivity contribution in [1.82, 2.24) is 10.3 Å². The van der Waals surface area contributed by atoms with E-state index in [2.05, 4.69) is 15.6 Å². The van der Waals surface area contributed by atoms with Gasteiger partial charge in [0.25, 0.3) is 0 Å². The Bertz CT molecular complexity index is 704. The van der Waals surface area contributed by atoms with Gasteiger partial charge in [0.1, 0.15) is 11.6 Å². The minimum absolute atomic E-state index is 0. The molecule has 1 unspecified atom stereocenters. The van der Waals surface area contributed by atoms with E-state index in [1.54, 1.807) is 6.20 Å². The van der Waals surface area contributed by atoms with Crippen molar-refractivity contribution < 1.29 is 13.6 Å². The molecule has 1 aliphatic rings. The molecule has 1 amide bonds. The van der Waals surface area contributed by atoms with E-state index in [1.807, 2.05) is 0 Å². The molecule has 2 N–H and O–H groups in total. The number of amides is 1. The van der Waals surface area contributed by atoms with E-state index >= 15 is 0 Å². The third-order valence-corrected chi connectivity index (χ3v) is 4.69. The second kappa shape index (κ2) is 8.50. The summed E-state index contributed by atoms with van der Waals surface area (Å²) in [5.41, 5.74) is 0.406. The van der Waals surface area contributed by atoms with Crippen molar-refractivity contribution in [3.05, 3.63) is 46.5 Å². The van der Waals surface area contributed by atoms with Gasteiger partial charge in [-0.1, -0.05) is 6.07 Å². The van der Waals surface area contributed by atoms with Gasteiger partial charge in [-0.2, -0.15) is 0 Å². The predicted octanol–water partition coefficient (Wildman–Crippen LogP) is 3.51. The first-order valence-electron chi connectivity index (χ1n) is 7.52. The zero-order valence-electron chi connectivity index (χ0n) is 12.9. The number of nitrogens with one attached hydrogen (secondary N) is 2. The molecule has 8 heteroatoms. The number of hydrogen-bond donors (Lipinski definition) is 2. The zero-order chi connectivity index (χ0) is 16.2. The van der Waals surface area contributed by atoms with E-state index in [1.165, 1.54) is 23.5 Å². The van der Waals surface area contributed by atoms with Crippen LogP contribution in [-0.2, 0) is 11.2 Å². The molecular weight excluding hydrogens is 356 g/mol. The molecule has 130 valence electrons. The Morgan fingerprint density at radius 2 is 2.25 bits per heavy atom. The molecule has 1 aromatic heterocycles. The monoisotopic (exact) mass is 373 g/mol. The summed E-state index contributed by atoms with van der Waals surface area (Å²) in [6.45, 7) is 0.961. The number of halogens is 3. The van der Waals surface area contributed by atoms with E-state index in [0.717, 1.165) is 30.3 Å². The molecule has 1 atom stereocenters. The highest BCUT2D eigenvalue weighted by atomic mass is 35.5. The molecule has 0 radical (unpaired) electrons. The Kier molecular flexibility index (Phi) is 6.65. The number of thiazole rings is 1. The molecule has 1 fully saturated rings. The predicted molar refractivity (Wildman–Crippen MR) is 92.8 cm³/mol. The lowest BCUT2D eigenvalue weighted by Gasteiger charge is -2.08. The number of anilines is 1. The van der Waals surface area contributed by atoms with E-state index in [4.69, 9.17) is 0 Å². The van der Waals surface area contributed by atoms with Crippen molar-refractivity contribution in [3.63, 3.8) is 0 Å². The zero-order valence-corrected chi connectivity index (χ0v) is 14.5. The second-order valence-corrected chi connectivity index (χ2v) is 6.71. The molecule has 1 saturated heterocycles. The Hall–Kier alpha value is -1.57. The van der Waals surface area contributed by atoms with Crippen LogP contribution in [0.3, 0.4) is 0 Å². The molecule has 3 rings (SSSR count). The van der Waals surface area contributed by atoms with Crippen LogP contribution in [0.2, 0.25) is 0 Å². The summed E-state index contributed by atoms with van der Waals surface area (Å²) in [4.78, 5) is 16.9. The molecule has 0 aliphatic carbocycles. The van der Waals surface area contributed by atoms with Gasteiger partial charge >= 0.3 is 0 Å². The summed E-state index contributed by atoms with van der Waals surface area (Å²) in [6.07, 6.45) is 4.48. The topological polar surface area (TPSA) is 54.0 Å². The number of carbonyl (C=O) groups is 1. The fraction of sp³-hybridized carbons (Fsp3) is 0.375. The van der Waals surface area contributed by atoms with Crippen molar-refractivity contribution in [2.75, 3.05) is 11.9 Å². The molecule has 4 nitrogen and oxygen atoms in total. The number of aromatic nitrogens is 1. The molecule has 1 aromatic carbocycles. The van der Waals surface area contributed by atoms with Gasteiger partial charge in [0.15, 0.2) is 5.13 Å². The average Bonchev–Trinajstić information content (AvgIpc) is 3.14. The largest absolute Gasteiger partial charge is 0.313 e. The second-order valence-electron chi connectivity index (χ2n) is 5.59. The van der Waals surface area contributed by atoms with Crippen LogP contribution >= 0.6 is 23.7 Å². The molecule has 24 heavy (non-hydrogen) atoms. The van der Waals surface area contributed by atoms with E-state index < -0.39 is 11.6 Å².